The Labute approximate surface area is 99.5 Å². The zero-order valence-corrected chi connectivity index (χ0v) is 9.36. The number of hydrogen-bond acceptors (Lipinski definition) is 2. The van der Waals surface area contributed by atoms with Gasteiger partial charge in [-0.15, -0.1) is 0 Å². The molecule has 0 fully saturated rings. The topological polar surface area (TPSA) is 46.2 Å². The van der Waals surface area contributed by atoms with Crippen LogP contribution in [0.15, 0.2) is 42.5 Å². The van der Waals surface area contributed by atoms with Crippen molar-refractivity contribution in [3.8, 4) is 11.1 Å². The highest BCUT2D eigenvalue weighted by molar-refractivity contribution is 5.68. The van der Waals surface area contributed by atoms with Crippen LogP contribution >= 0.6 is 0 Å². The molecule has 2 rings (SSSR count). The molecule has 0 saturated heterocycles. The second-order valence-corrected chi connectivity index (χ2v) is 3.80. The Morgan fingerprint density at radius 2 is 1.59 bits per heavy atom. The van der Waals surface area contributed by atoms with Crippen molar-refractivity contribution >= 4 is 0 Å². The normalized spacial score (nSPS) is 10.5. The quantitative estimate of drug-likeness (QED) is 0.852. The fourth-order valence-corrected chi connectivity index (χ4v) is 1.87. The van der Waals surface area contributed by atoms with Gasteiger partial charge in [-0.1, -0.05) is 42.5 Å². The fourth-order valence-electron chi connectivity index (χ4n) is 1.87. The molecule has 0 heterocycles. The third kappa shape index (κ3) is 2.20. The van der Waals surface area contributed by atoms with Crippen molar-refractivity contribution < 1.29 is 9.50 Å². The predicted octanol–water partition coefficient (Wildman–Crippen LogP) is 2.44. The van der Waals surface area contributed by atoms with E-state index in [0.29, 0.717) is 17.7 Å². The fraction of sp³-hybridized carbons (Fsp3) is 0.143. The zero-order chi connectivity index (χ0) is 12.3. The molecule has 0 aliphatic rings. The summed E-state index contributed by atoms with van der Waals surface area (Å²) in [5.41, 5.74) is 8.09. The lowest BCUT2D eigenvalue weighted by atomic mass is 9.97. The van der Waals surface area contributed by atoms with Crippen molar-refractivity contribution in [1.82, 2.24) is 0 Å². The van der Waals surface area contributed by atoms with E-state index in [4.69, 9.17) is 10.8 Å². The molecule has 2 aromatic carbocycles. The monoisotopic (exact) mass is 231 g/mol. The van der Waals surface area contributed by atoms with E-state index in [1.54, 1.807) is 18.2 Å². The highest BCUT2D eigenvalue weighted by atomic mass is 19.1. The Hall–Kier alpha value is -1.71. The molecule has 17 heavy (non-hydrogen) atoms. The first-order chi connectivity index (χ1) is 8.27. The highest BCUT2D eigenvalue weighted by Gasteiger charge is 2.11. The third-order valence-corrected chi connectivity index (χ3v) is 2.78. The van der Waals surface area contributed by atoms with Gasteiger partial charge in [0.2, 0.25) is 0 Å². The van der Waals surface area contributed by atoms with Gasteiger partial charge in [0.05, 0.1) is 6.61 Å². The summed E-state index contributed by atoms with van der Waals surface area (Å²) in [7, 11) is 0. The molecule has 2 nitrogen and oxygen atoms in total. The Balaban J connectivity index is 2.60. The molecule has 88 valence electrons. The smallest absolute Gasteiger partial charge is 0.136 e. The molecule has 0 aliphatic carbocycles. The molecule has 0 aliphatic heterocycles. The summed E-state index contributed by atoms with van der Waals surface area (Å²) in [6.45, 7) is 0.0590. The molecule has 0 aromatic heterocycles. The molecular formula is C14H14FNO. The van der Waals surface area contributed by atoms with E-state index in [2.05, 4.69) is 0 Å². The van der Waals surface area contributed by atoms with Gasteiger partial charge in [0, 0.05) is 17.7 Å². The second-order valence-electron chi connectivity index (χ2n) is 3.80. The molecule has 0 atom stereocenters. The van der Waals surface area contributed by atoms with Crippen molar-refractivity contribution in [2.24, 2.45) is 5.73 Å². The first kappa shape index (κ1) is 11.8. The van der Waals surface area contributed by atoms with Crippen LogP contribution in [0, 0.1) is 5.82 Å². The molecule has 3 heteroatoms. The van der Waals surface area contributed by atoms with Gasteiger partial charge >= 0.3 is 0 Å². The first-order valence-electron chi connectivity index (χ1n) is 5.44. The number of hydrogen-bond donors (Lipinski definition) is 2. The van der Waals surface area contributed by atoms with Crippen LogP contribution < -0.4 is 5.73 Å². The molecule has 0 radical (unpaired) electrons. The van der Waals surface area contributed by atoms with Gasteiger partial charge in [0.25, 0.3) is 0 Å². The van der Waals surface area contributed by atoms with Gasteiger partial charge in [-0.25, -0.2) is 4.39 Å². The third-order valence-electron chi connectivity index (χ3n) is 2.78. The summed E-state index contributed by atoms with van der Waals surface area (Å²) in [5, 5.41) is 9.05. The van der Waals surface area contributed by atoms with E-state index in [1.165, 1.54) is 0 Å². The maximum atomic E-state index is 14.1. The van der Waals surface area contributed by atoms with Gasteiger partial charge < -0.3 is 10.8 Å². The molecular weight excluding hydrogens is 217 g/mol. The summed E-state index contributed by atoms with van der Waals surface area (Å²) in [5.74, 6) is -0.379. The SMILES string of the molecule is NCc1ccccc1-c1cccc(CO)c1F. The number of benzene rings is 2. The van der Waals surface area contributed by atoms with Crippen LogP contribution in [-0.2, 0) is 13.2 Å². The van der Waals surface area contributed by atoms with Gasteiger partial charge in [0.15, 0.2) is 0 Å². The molecule has 0 saturated carbocycles. The minimum absolute atomic E-state index is 0.300. The Morgan fingerprint density at radius 3 is 2.29 bits per heavy atom. The lowest BCUT2D eigenvalue weighted by Crippen LogP contribution is -2.00. The largest absolute Gasteiger partial charge is 0.392 e. The number of nitrogens with two attached hydrogens (primary N) is 1. The van der Waals surface area contributed by atoms with E-state index < -0.39 is 0 Å². The number of rotatable bonds is 3. The number of halogens is 1. The van der Waals surface area contributed by atoms with Crippen LogP contribution in [0.25, 0.3) is 11.1 Å². The maximum Gasteiger partial charge on any atom is 0.136 e. The van der Waals surface area contributed by atoms with Crippen molar-refractivity contribution in [1.29, 1.82) is 0 Å². The van der Waals surface area contributed by atoms with Crippen LogP contribution in [0.3, 0.4) is 0 Å². The van der Waals surface area contributed by atoms with Crippen molar-refractivity contribution in [2.45, 2.75) is 13.2 Å². The molecule has 0 amide bonds. The summed E-state index contributed by atoms with van der Waals surface area (Å²) < 4.78 is 14.1. The summed E-state index contributed by atoms with van der Waals surface area (Å²) in [6, 6.07) is 12.4. The molecule has 0 unspecified atom stereocenters. The minimum atomic E-state index is -0.379. The van der Waals surface area contributed by atoms with Gasteiger partial charge in [-0.3, -0.25) is 0 Å². The molecule has 0 bridgehead atoms. The molecule has 0 spiro atoms. The minimum Gasteiger partial charge on any atom is -0.392 e. The van der Waals surface area contributed by atoms with E-state index in [9.17, 15) is 4.39 Å². The highest BCUT2D eigenvalue weighted by Crippen LogP contribution is 2.27. The second kappa shape index (κ2) is 5.08. The van der Waals surface area contributed by atoms with Gasteiger partial charge in [-0.05, 0) is 11.1 Å². The van der Waals surface area contributed by atoms with E-state index in [0.717, 1.165) is 11.1 Å². The Bertz CT molecular complexity index is 525. The lowest BCUT2D eigenvalue weighted by Gasteiger charge is -2.10. The van der Waals surface area contributed by atoms with E-state index in [1.807, 2.05) is 24.3 Å². The molecule has 3 N–H and O–H groups in total. The maximum absolute atomic E-state index is 14.1. The van der Waals surface area contributed by atoms with Crippen LogP contribution in [0.4, 0.5) is 4.39 Å². The van der Waals surface area contributed by atoms with Gasteiger partial charge in [0.1, 0.15) is 5.82 Å². The van der Waals surface area contributed by atoms with E-state index >= 15 is 0 Å². The van der Waals surface area contributed by atoms with Crippen LogP contribution in [0.2, 0.25) is 0 Å². The lowest BCUT2D eigenvalue weighted by molar-refractivity contribution is 0.276. The average Bonchev–Trinajstić information content (AvgIpc) is 2.39. The summed E-state index contributed by atoms with van der Waals surface area (Å²) in [4.78, 5) is 0. The van der Waals surface area contributed by atoms with Crippen molar-refractivity contribution in [3.05, 3.63) is 59.4 Å². The Morgan fingerprint density at radius 1 is 0.941 bits per heavy atom. The first-order valence-corrected chi connectivity index (χ1v) is 5.44. The van der Waals surface area contributed by atoms with Crippen molar-refractivity contribution in [3.63, 3.8) is 0 Å². The summed E-state index contributed by atoms with van der Waals surface area (Å²) in [6.07, 6.45) is 0. The standard InChI is InChI=1S/C14H14FNO/c15-14-11(9-17)5-3-7-13(14)12-6-2-1-4-10(12)8-16/h1-7,17H,8-9,16H2. The van der Waals surface area contributed by atoms with Crippen LogP contribution in [0.5, 0.6) is 0 Å². The van der Waals surface area contributed by atoms with Crippen molar-refractivity contribution in [2.75, 3.05) is 0 Å². The molecule has 2 aromatic rings. The van der Waals surface area contributed by atoms with Crippen LogP contribution in [0.1, 0.15) is 11.1 Å². The predicted molar refractivity (Wildman–Crippen MR) is 65.7 cm³/mol. The average molecular weight is 231 g/mol. The van der Waals surface area contributed by atoms with Gasteiger partial charge in [-0.2, -0.15) is 0 Å². The summed E-state index contributed by atoms with van der Waals surface area (Å²) >= 11 is 0. The van der Waals surface area contributed by atoms with E-state index in [-0.39, 0.29) is 12.4 Å². The number of aliphatic hydroxyl groups is 1. The van der Waals surface area contributed by atoms with Crippen LogP contribution in [-0.4, -0.2) is 5.11 Å². The Kier molecular flexibility index (Phi) is 3.52. The number of aliphatic hydroxyl groups excluding tert-OH is 1. The zero-order valence-electron chi connectivity index (χ0n) is 9.36.